The van der Waals surface area contributed by atoms with Crippen LogP contribution in [0.15, 0.2) is 40.8 Å². The van der Waals surface area contributed by atoms with Crippen LogP contribution in [-0.2, 0) is 11.3 Å². The van der Waals surface area contributed by atoms with Gasteiger partial charge in [-0.2, -0.15) is 0 Å². The Morgan fingerprint density at radius 2 is 2.04 bits per heavy atom. The first-order chi connectivity index (χ1) is 11.3. The highest BCUT2D eigenvalue weighted by Gasteiger charge is 2.22. The van der Waals surface area contributed by atoms with Gasteiger partial charge in [0.2, 0.25) is 5.89 Å². The zero-order chi connectivity index (χ0) is 15.6. The Hall–Kier alpha value is -1.69. The van der Waals surface area contributed by atoms with Gasteiger partial charge in [0, 0.05) is 10.9 Å². The quantitative estimate of drug-likeness (QED) is 0.774. The fourth-order valence-electron chi connectivity index (χ4n) is 3.07. The van der Waals surface area contributed by atoms with E-state index in [4.69, 9.17) is 14.9 Å². The van der Waals surface area contributed by atoms with Crippen LogP contribution in [0.25, 0.3) is 21.9 Å². The number of rotatable bonds is 4. The van der Waals surface area contributed by atoms with Gasteiger partial charge in [-0.1, -0.05) is 25.0 Å². The molecule has 5 heteroatoms. The van der Waals surface area contributed by atoms with Gasteiger partial charge in [-0.3, -0.25) is 0 Å². The molecular weight excluding hydrogens is 308 g/mol. The second kappa shape index (κ2) is 6.43. The second-order valence-electron chi connectivity index (χ2n) is 6.05. The molecule has 0 radical (unpaired) electrons. The van der Waals surface area contributed by atoms with Crippen LogP contribution in [0.1, 0.15) is 30.6 Å². The second-order valence-corrected chi connectivity index (χ2v) is 7.22. The highest BCUT2D eigenvalue weighted by atomic mass is 32.1. The van der Waals surface area contributed by atoms with Gasteiger partial charge in [0.25, 0.3) is 0 Å². The van der Waals surface area contributed by atoms with Gasteiger partial charge in [0.1, 0.15) is 5.52 Å². The van der Waals surface area contributed by atoms with E-state index in [-0.39, 0.29) is 12.1 Å². The molecule has 1 aliphatic carbocycles. The Morgan fingerprint density at radius 3 is 2.91 bits per heavy atom. The zero-order valence-corrected chi connectivity index (χ0v) is 13.7. The molecule has 4 rings (SSSR count). The minimum Gasteiger partial charge on any atom is -0.435 e. The number of ether oxygens (including phenoxy) is 1. The molecule has 120 valence electrons. The molecule has 2 unspecified atom stereocenters. The van der Waals surface area contributed by atoms with E-state index in [9.17, 15) is 0 Å². The molecule has 0 saturated heterocycles. The first-order valence-electron chi connectivity index (χ1n) is 8.11. The molecule has 2 heterocycles. The molecule has 0 bridgehead atoms. The summed E-state index contributed by atoms with van der Waals surface area (Å²) in [7, 11) is 0. The van der Waals surface area contributed by atoms with E-state index in [1.54, 1.807) is 11.3 Å². The Morgan fingerprint density at radius 1 is 1.17 bits per heavy atom. The molecule has 3 aromatic rings. The van der Waals surface area contributed by atoms with Crippen molar-refractivity contribution in [3.8, 4) is 10.8 Å². The normalized spacial score (nSPS) is 21.8. The summed E-state index contributed by atoms with van der Waals surface area (Å²) in [6.07, 6.45) is 4.78. The van der Waals surface area contributed by atoms with Crippen LogP contribution < -0.4 is 5.73 Å². The van der Waals surface area contributed by atoms with Crippen molar-refractivity contribution in [2.24, 2.45) is 5.73 Å². The van der Waals surface area contributed by atoms with Crippen molar-refractivity contribution in [2.75, 3.05) is 0 Å². The van der Waals surface area contributed by atoms with E-state index in [2.05, 4.69) is 17.1 Å². The molecular formula is C18H20N2O2S. The molecule has 1 aromatic carbocycles. The van der Waals surface area contributed by atoms with Gasteiger partial charge >= 0.3 is 0 Å². The van der Waals surface area contributed by atoms with Crippen LogP contribution >= 0.6 is 11.3 Å². The molecule has 1 fully saturated rings. The van der Waals surface area contributed by atoms with Gasteiger partial charge in [-0.15, -0.1) is 11.3 Å². The Balaban J connectivity index is 1.46. The van der Waals surface area contributed by atoms with Crippen LogP contribution in [0, 0.1) is 0 Å². The molecule has 2 N–H and O–H groups in total. The largest absolute Gasteiger partial charge is 0.435 e. The number of para-hydroxylation sites is 2. The van der Waals surface area contributed by atoms with Gasteiger partial charge in [0.05, 0.1) is 17.6 Å². The standard InChI is InChI=1S/C18H20N2O2S/c19-13-5-1-3-7-15(13)21-11-12-9-10-17(23-12)18-20-14-6-2-4-8-16(14)22-18/h2,4,6,8-10,13,15H,1,3,5,7,11,19H2. The number of hydrogen-bond acceptors (Lipinski definition) is 5. The lowest BCUT2D eigenvalue weighted by atomic mass is 9.93. The third kappa shape index (κ3) is 3.17. The molecule has 23 heavy (non-hydrogen) atoms. The van der Waals surface area contributed by atoms with E-state index in [1.807, 2.05) is 24.3 Å². The smallest absolute Gasteiger partial charge is 0.237 e. The minimum absolute atomic E-state index is 0.181. The van der Waals surface area contributed by atoms with Crippen LogP contribution in [0.4, 0.5) is 0 Å². The summed E-state index contributed by atoms with van der Waals surface area (Å²) < 4.78 is 11.8. The fraction of sp³-hybridized carbons (Fsp3) is 0.389. The topological polar surface area (TPSA) is 61.3 Å². The number of benzene rings is 1. The van der Waals surface area contributed by atoms with Crippen LogP contribution in [0.3, 0.4) is 0 Å². The van der Waals surface area contributed by atoms with Crippen LogP contribution in [0.5, 0.6) is 0 Å². The lowest BCUT2D eigenvalue weighted by Gasteiger charge is -2.28. The highest BCUT2D eigenvalue weighted by molar-refractivity contribution is 7.15. The molecule has 4 nitrogen and oxygen atoms in total. The van der Waals surface area contributed by atoms with E-state index in [0.29, 0.717) is 12.5 Å². The molecule has 1 aliphatic rings. The lowest BCUT2D eigenvalue weighted by Crippen LogP contribution is -2.39. The summed E-state index contributed by atoms with van der Waals surface area (Å²) in [6, 6.07) is 12.1. The van der Waals surface area contributed by atoms with Crippen molar-refractivity contribution in [2.45, 2.75) is 44.4 Å². The number of oxazole rings is 1. The van der Waals surface area contributed by atoms with E-state index < -0.39 is 0 Å². The molecule has 2 atom stereocenters. The average molecular weight is 328 g/mol. The first-order valence-corrected chi connectivity index (χ1v) is 8.93. The van der Waals surface area contributed by atoms with E-state index >= 15 is 0 Å². The van der Waals surface area contributed by atoms with Crippen molar-refractivity contribution < 1.29 is 9.15 Å². The summed E-state index contributed by atoms with van der Waals surface area (Å²) in [5.41, 5.74) is 7.85. The number of nitrogens with zero attached hydrogens (tertiary/aromatic N) is 1. The van der Waals surface area contributed by atoms with E-state index in [0.717, 1.165) is 28.8 Å². The Labute approximate surface area is 139 Å². The fourth-order valence-corrected chi connectivity index (χ4v) is 3.93. The van der Waals surface area contributed by atoms with Crippen molar-refractivity contribution >= 4 is 22.4 Å². The van der Waals surface area contributed by atoms with Gasteiger partial charge in [-0.25, -0.2) is 4.98 Å². The molecule has 0 spiro atoms. The Bertz CT molecular complexity index is 762. The maximum absolute atomic E-state index is 6.14. The Kier molecular flexibility index (Phi) is 4.16. The van der Waals surface area contributed by atoms with Crippen molar-refractivity contribution in [3.05, 3.63) is 41.3 Å². The van der Waals surface area contributed by atoms with Gasteiger partial charge in [0.15, 0.2) is 5.58 Å². The summed E-state index contributed by atoms with van der Waals surface area (Å²) in [5.74, 6) is 0.678. The lowest BCUT2D eigenvalue weighted by molar-refractivity contribution is 0.00530. The number of hydrogen-bond donors (Lipinski definition) is 1. The maximum atomic E-state index is 6.14. The zero-order valence-electron chi connectivity index (χ0n) is 12.9. The predicted molar refractivity (Wildman–Crippen MR) is 92.3 cm³/mol. The first kappa shape index (κ1) is 14.9. The number of nitrogens with two attached hydrogens (primary N) is 1. The monoisotopic (exact) mass is 328 g/mol. The highest BCUT2D eigenvalue weighted by Crippen LogP contribution is 2.31. The van der Waals surface area contributed by atoms with Gasteiger partial charge in [-0.05, 0) is 37.1 Å². The summed E-state index contributed by atoms with van der Waals surface area (Å²) >= 11 is 1.67. The maximum Gasteiger partial charge on any atom is 0.237 e. The SMILES string of the molecule is NC1CCCCC1OCc1ccc(-c2nc3ccccc3o2)s1. The van der Waals surface area contributed by atoms with Crippen molar-refractivity contribution in [1.29, 1.82) is 0 Å². The van der Waals surface area contributed by atoms with Crippen LogP contribution in [0.2, 0.25) is 0 Å². The average Bonchev–Trinajstić information content (AvgIpc) is 3.20. The summed E-state index contributed by atoms with van der Waals surface area (Å²) in [5, 5.41) is 0. The minimum atomic E-state index is 0.181. The number of thiophene rings is 1. The third-order valence-electron chi connectivity index (χ3n) is 4.36. The molecule has 2 aromatic heterocycles. The summed E-state index contributed by atoms with van der Waals surface area (Å²) in [4.78, 5) is 6.76. The molecule has 0 amide bonds. The third-order valence-corrected chi connectivity index (χ3v) is 5.41. The van der Waals surface area contributed by atoms with E-state index in [1.165, 1.54) is 17.7 Å². The van der Waals surface area contributed by atoms with Crippen LogP contribution in [-0.4, -0.2) is 17.1 Å². The summed E-state index contributed by atoms with van der Waals surface area (Å²) in [6.45, 7) is 0.614. The van der Waals surface area contributed by atoms with Crippen molar-refractivity contribution in [1.82, 2.24) is 4.98 Å². The van der Waals surface area contributed by atoms with Crippen molar-refractivity contribution in [3.63, 3.8) is 0 Å². The molecule has 1 saturated carbocycles. The number of aromatic nitrogens is 1. The predicted octanol–water partition coefficient (Wildman–Crippen LogP) is 4.34. The van der Waals surface area contributed by atoms with Gasteiger partial charge < -0.3 is 14.9 Å². The molecule has 0 aliphatic heterocycles. The number of fused-ring (bicyclic) bond motifs is 1.